The number of aliphatic hydroxyl groups is 1. The minimum atomic E-state index is 0.216. The lowest BCUT2D eigenvalue weighted by Gasteiger charge is -2.27. The molecule has 2 rings (SSSR count). The topological polar surface area (TPSA) is 35.8 Å². The Morgan fingerprint density at radius 2 is 2.54 bits per heavy atom. The first-order valence-electron chi connectivity index (χ1n) is 4.68. The fourth-order valence-electron chi connectivity index (χ4n) is 1.75. The standard InChI is InChI=1S/C10H14N2O/c13-8-10-4-2-6-12(10)9-3-1-5-11-7-9/h2,5-7,10,13H,1,3-4,8H2. The van der Waals surface area contributed by atoms with Gasteiger partial charge in [0.05, 0.1) is 12.6 Å². The Bertz CT molecular complexity index is 268. The van der Waals surface area contributed by atoms with Crippen LogP contribution in [0.5, 0.6) is 0 Å². The number of nitrogens with zero attached hydrogens (tertiary/aromatic N) is 2. The molecule has 0 aromatic rings. The van der Waals surface area contributed by atoms with Gasteiger partial charge < -0.3 is 10.0 Å². The van der Waals surface area contributed by atoms with Crippen molar-refractivity contribution in [3.8, 4) is 0 Å². The third-order valence-electron chi connectivity index (χ3n) is 2.47. The van der Waals surface area contributed by atoms with E-state index in [-0.39, 0.29) is 12.6 Å². The number of hydrogen-bond acceptors (Lipinski definition) is 3. The molecule has 70 valence electrons. The van der Waals surface area contributed by atoms with Crippen molar-refractivity contribution in [1.29, 1.82) is 0 Å². The van der Waals surface area contributed by atoms with E-state index in [2.05, 4.69) is 16.0 Å². The second-order valence-corrected chi connectivity index (χ2v) is 3.35. The number of allylic oxidation sites excluding steroid dienone is 1. The second-order valence-electron chi connectivity index (χ2n) is 3.35. The summed E-state index contributed by atoms with van der Waals surface area (Å²) < 4.78 is 0. The Morgan fingerprint density at radius 1 is 1.62 bits per heavy atom. The molecule has 0 spiro atoms. The highest BCUT2D eigenvalue weighted by Crippen LogP contribution is 2.23. The highest BCUT2D eigenvalue weighted by atomic mass is 16.3. The molecular weight excluding hydrogens is 164 g/mol. The van der Waals surface area contributed by atoms with E-state index in [1.54, 1.807) is 0 Å². The minimum absolute atomic E-state index is 0.216. The molecule has 0 aromatic heterocycles. The van der Waals surface area contributed by atoms with E-state index < -0.39 is 0 Å². The molecule has 0 fully saturated rings. The third-order valence-corrected chi connectivity index (χ3v) is 2.47. The fraction of sp³-hybridized carbons (Fsp3) is 0.500. The summed E-state index contributed by atoms with van der Waals surface area (Å²) in [5, 5.41) is 9.12. The zero-order chi connectivity index (χ0) is 9.10. The minimum Gasteiger partial charge on any atom is -0.394 e. The number of rotatable bonds is 2. The molecule has 0 aliphatic carbocycles. The molecule has 0 aromatic carbocycles. The molecule has 0 saturated carbocycles. The van der Waals surface area contributed by atoms with Crippen LogP contribution in [0.3, 0.4) is 0 Å². The largest absolute Gasteiger partial charge is 0.394 e. The second kappa shape index (κ2) is 3.75. The maximum atomic E-state index is 9.12. The average molecular weight is 178 g/mol. The summed E-state index contributed by atoms with van der Waals surface area (Å²) >= 11 is 0. The van der Waals surface area contributed by atoms with E-state index in [0.29, 0.717) is 0 Å². The van der Waals surface area contributed by atoms with Crippen molar-refractivity contribution in [3.63, 3.8) is 0 Å². The van der Waals surface area contributed by atoms with Gasteiger partial charge >= 0.3 is 0 Å². The van der Waals surface area contributed by atoms with Crippen molar-refractivity contribution in [2.24, 2.45) is 4.99 Å². The highest BCUT2D eigenvalue weighted by Gasteiger charge is 2.21. The SMILES string of the molecule is OCC1CC=CN1C1=CN=CCC1. The van der Waals surface area contributed by atoms with E-state index in [0.717, 1.165) is 19.3 Å². The lowest BCUT2D eigenvalue weighted by molar-refractivity contribution is 0.197. The van der Waals surface area contributed by atoms with Gasteiger partial charge in [-0.25, -0.2) is 0 Å². The van der Waals surface area contributed by atoms with Gasteiger partial charge in [-0.3, -0.25) is 4.99 Å². The fourth-order valence-corrected chi connectivity index (χ4v) is 1.75. The molecule has 1 atom stereocenters. The molecule has 2 heterocycles. The normalized spacial score (nSPS) is 26.7. The molecule has 3 nitrogen and oxygen atoms in total. The van der Waals surface area contributed by atoms with Crippen molar-refractivity contribution in [3.05, 3.63) is 24.2 Å². The summed E-state index contributed by atoms with van der Waals surface area (Å²) in [4.78, 5) is 6.26. The van der Waals surface area contributed by atoms with Crippen LogP contribution in [0.15, 0.2) is 29.2 Å². The molecule has 1 unspecified atom stereocenters. The van der Waals surface area contributed by atoms with Gasteiger partial charge in [-0.1, -0.05) is 6.08 Å². The lowest BCUT2D eigenvalue weighted by atomic mass is 10.1. The molecule has 0 radical (unpaired) electrons. The van der Waals surface area contributed by atoms with Crippen molar-refractivity contribution in [2.75, 3.05) is 6.61 Å². The summed E-state index contributed by atoms with van der Waals surface area (Å²) in [7, 11) is 0. The van der Waals surface area contributed by atoms with Gasteiger partial charge in [0.2, 0.25) is 0 Å². The maximum Gasteiger partial charge on any atom is 0.0641 e. The molecule has 0 saturated heterocycles. The molecule has 2 aliphatic heterocycles. The van der Waals surface area contributed by atoms with Gasteiger partial charge in [0.1, 0.15) is 0 Å². The van der Waals surface area contributed by atoms with Crippen LogP contribution < -0.4 is 0 Å². The Balaban J connectivity index is 2.10. The molecule has 0 amide bonds. The quantitative estimate of drug-likeness (QED) is 0.691. The molecular formula is C10H14N2O. The Kier molecular flexibility index (Phi) is 2.45. The predicted octanol–water partition coefficient (Wildman–Crippen LogP) is 1.27. The van der Waals surface area contributed by atoms with Crippen LogP contribution in [0.4, 0.5) is 0 Å². The van der Waals surface area contributed by atoms with Gasteiger partial charge in [-0.05, 0) is 19.3 Å². The zero-order valence-corrected chi connectivity index (χ0v) is 7.56. The number of aliphatic imine (C=N–C) groups is 1. The Hall–Kier alpha value is -1.09. The van der Waals surface area contributed by atoms with Crippen LogP contribution in [0.2, 0.25) is 0 Å². The van der Waals surface area contributed by atoms with E-state index in [1.165, 1.54) is 5.70 Å². The first-order chi connectivity index (χ1) is 6.42. The summed E-state index contributed by atoms with van der Waals surface area (Å²) in [5.41, 5.74) is 1.22. The van der Waals surface area contributed by atoms with Crippen LogP contribution in [0, 0.1) is 0 Å². The first-order valence-corrected chi connectivity index (χ1v) is 4.68. The van der Waals surface area contributed by atoms with Crippen molar-refractivity contribution in [2.45, 2.75) is 25.3 Å². The molecule has 13 heavy (non-hydrogen) atoms. The lowest BCUT2D eigenvalue weighted by Crippen LogP contribution is -2.29. The summed E-state index contributed by atoms with van der Waals surface area (Å²) in [6.45, 7) is 0.216. The van der Waals surface area contributed by atoms with E-state index >= 15 is 0 Å². The van der Waals surface area contributed by atoms with Gasteiger partial charge in [-0.2, -0.15) is 0 Å². The van der Waals surface area contributed by atoms with E-state index in [9.17, 15) is 0 Å². The van der Waals surface area contributed by atoms with Crippen molar-refractivity contribution >= 4 is 6.21 Å². The molecule has 0 bridgehead atoms. The Labute approximate surface area is 78.1 Å². The van der Waals surface area contributed by atoms with Crippen molar-refractivity contribution < 1.29 is 5.11 Å². The average Bonchev–Trinajstić information content (AvgIpc) is 2.67. The first kappa shape index (κ1) is 8.51. The van der Waals surface area contributed by atoms with Gasteiger partial charge in [0.15, 0.2) is 0 Å². The van der Waals surface area contributed by atoms with E-state index in [1.807, 2.05) is 18.6 Å². The van der Waals surface area contributed by atoms with Crippen LogP contribution in [0.1, 0.15) is 19.3 Å². The highest BCUT2D eigenvalue weighted by molar-refractivity contribution is 5.60. The summed E-state index contributed by atoms with van der Waals surface area (Å²) in [6, 6.07) is 0.236. The van der Waals surface area contributed by atoms with Crippen molar-refractivity contribution in [1.82, 2.24) is 4.90 Å². The third kappa shape index (κ3) is 1.65. The van der Waals surface area contributed by atoms with Crippen LogP contribution in [-0.2, 0) is 0 Å². The zero-order valence-electron chi connectivity index (χ0n) is 7.56. The number of hydrogen-bond donors (Lipinski definition) is 1. The van der Waals surface area contributed by atoms with Gasteiger partial charge in [0.25, 0.3) is 0 Å². The number of aliphatic hydroxyl groups excluding tert-OH is 1. The van der Waals surface area contributed by atoms with Gasteiger partial charge in [-0.15, -0.1) is 0 Å². The molecule has 3 heteroatoms. The monoisotopic (exact) mass is 178 g/mol. The van der Waals surface area contributed by atoms with Crippen LogP contribution in [-0.4, -0.2) is 28.9 Å². The van der Waals surface area contributed by atoms with Crippen LogP contribution >= 0.6 is 0 Å². The molecule has 1 N–H and O–H groups in total. The Morgan fingerprint density at radius 3 is 3.23 bits per heavy atom. The predicted molar refractivity (Wildman–Crippen MR) is 52.3 cm³/mol. The van der Waals surface area contributed by atoms with Crippen LogP contribution in [0.25, 0.3) is 0 Å². The van der Waals surface area contributed by atoms with Gasteiger partial charge in [0, 0.05) is 24.3 Å². The summed E-state index contributed by atoms with van der Waals surface area (Å²) in [6.07, 6.45) is 10.9. The van der Waals surface area contributed by atoms with E-state index in [4.69, 9.17) is 5.11 Å². The molecule has 2 aliphatic rings. The summed E-state index contributed by atoms with van der Waals surface area (Å²) in [5.74, 6) is 0. The smallest absolute Gasteiger partial charge is 0.0641 e. The maximum absolute atomic E-state index is 9.12.